The number of aromatic nitrogens is 3. The van der Waals surface area contributed by atoms with Crippen molar-refractivity contribution in [2.75, 3.05) is 11.4 Å². The Bertz CT molecular complexity index is 1500. The number of thiazole rings is 1. The summed E-state index contributed by atoms with van der Waals surface area (Å²) in [5.74, 6) is -0.0786. The van der Waals surface area contributed by atoms with E-state index < -0.39 is 0 Å². The first-order chi connectivity index (χ1) is 15.9. The molecule has 5 rings (SSSR count). The average Bonchev–Trinajstić information content (AvgIpc) is 3.38. The van der Waals surface area contributed by atoms with Crippen molar-refractivity contribution in [3.05, 3.63) is 88.2 Å². The first-order valence-electron chi connectivity index (χ1n) is 10.8. The van der Waals surface area contributed by atoms with Crippen LogP contribution in [0.15, 0.2) is 60.7 Å². The Labute approximate surface area is 201 Å². The van der Waals surface area contributed by atoms with Crippen molar-refractivity contribution in [3.8, 4) is 0 Å². The minimum Gasteiger partial charge on any atom is -0.282 e. The zero-order valence-corrected chi connectivity index (χ0v) is 20.2. The molecule has 0 saturated heterocycles. The zero-order valence-electron chi connectivity index (χ0n) is 18.7. The number of aryl methyl sites for hydroxylation is 3. The van der Waals surface area contributed by atoms with Crippen molar-refractivity contribution in [1.29, 1.82) is 0 Å². The third kappa shape index (κ3) is 4.12. The minimum atomic E-state index is -0.0786. The van der Waals surface area contributed by atoms with Gasteiger partial charge >= 0.3 is 0 Å². The standard InChI is InChI=1S/C26H23ClN4OS/c1-16-14-17(2)31(29-16)13-12-30(26-28-24-18(3)22(27)10-11-23(24)33-26)25(32)21-9-8-19-6-4-5-7-20(19)15-21/h4-11,14-15H,12-13H2,1-3H3. The van der Waals surface area contributed by atoms with Gasteiger partial charge in [0, 0.05) is 22.8 Å². The van der Waals surface area contributed by atoms with Gasteiger partial charge < -0.3 is 0 Å². The highest BCUT2D eigenvalue weighted by Gasteiger charge is 2.23. The average molecular weight is 475 g/mol. The summed E-state index contributed by atoms with van der Waals surface area (Å²) in [6, 6.07) is 19.8. The van der Waals surface area contributed by atoms with E-state index >= 15 is 0 Å². The molecule has 0 spiro atoms. The number of halogens is 1. The second-order valence-electron chi connectivity index (χ2n) is 8.18. The van der Waals surface area contributed by atoms with E-state index in [0.717, 1.165) is 37.9 Å². The number of hydrogen-bond acceptors (Lipinski definition) is 4. The Morgan fingerprint density at radius 3 is 2.58 bits per heavy atom. The van der Waals surface area contributed by atoms with Crippen LogP contribution in [-0.2, 0) is 6.54 Å². The van der Waals surface area contributed by atoms with Crippen LogP contribution in [0, 0.1) is 20.8 Å². The van der Waals surface area contributed by atoms with Gasteiger partial charge in [0.1, 0.15) is 0 Å². The highest BCUT2D eigenvalue weighted by atomic mass is 35.5. The molecule has 2 aromatic heterocycles. The maximum Gasteiger partial charge on any atom is 0.260 e. The van der Waals surface area contributed by atoms with Crippen LogP contribution in [0.3, 0.4) is 0 Å². The Kier molecular flexibility index (Phi) is 5.64. The van der Waals surface area contributed by atoms with Gasteiger partial charge in [0.05, 0.1) is 22.5 Å². The highest BCUT2D eigenvalue weighted by molar-refractivity contribution is 7.22. The lowest BCUT2D eigenvalue weighted by Crippen LogP contribution is -2.34. The lowest BCUT2D eigenvalue weighted by atomic mass is 10.1. The number of nitrogens with zero attached hydrogens (tertiary/aromatic N) is 4. The number of hydrogen-bond donors (Lipinski definition) is 0. The molecular weight excluding hydrogens is 452 g/mol. The number of fused-ring (bicyclic) bond motifs is 2. The molecule has 3 aromatic carbocycles. The summed E-state index contributed by atoms with van der Waals surface area (Å²) in [6.07, 6.45) is 0. The van der Waals surface area contributed by atoms with E-state index in [9.17, 15) is 4.79 Å². The predicted molar refractivity (Wildman–Crippen MR) is 137 cm³/mol. The molecule has 33 heavy (non-hydrogen) atoms. The zero-order chi connectivity index (χ0) is 23.1. The molecule has 0 atom stereocenters. The normalized spacial score (nSPS) is 11.4. The van der Waals surface area contributed by atoms with E-state index in [1.165, 1.54) is 11.3 Å². The Balaban J connectivity index is 1.55. The number of anilines is 1. The van der Waals surface area contributed by atoms with Crippen LogP contribution in [0.2, 0.25) is 5.02 Å². The quantitative estimate of drug-likeness (QED) is 0.289. The summed E-state index contributed by atoms with van der Waals surface area (Å²) in [5.41, 5.74) is 4.43. The summed E-state index contributed by atoms with van der Waals surface area (Å²) in [7, 11) is 0. The molecule has 0 saturated carbocycles. The second-order valence-corrected chi connectivity index (χ2v) is 9.60. The van der Waals surface area contributed by atoms with Gasteiger partial charge in [-0.1, -0.05) is 53.3 Å². The second kappa shape index (κ2) is 8.61. The van der Waals surface area contributed by atoms with Crippen molar-refractivity contribution < 1.29 is 4.79 Å². The topological polar surface area (TPSA) is 51.0 Å². The van der Waals surface area contributed by atoms with Crippen LogP contribution in [-0.4, -0.2) is 27.2 Å². The Hall–Kier alpha value is -3.22. The molecule has 0 N–H and O–H groups in total. The number of rotatable bonds is 5. The highest BCUT2D eigenvalue weighted by Crippen LogP contribution is 2.34. The van der Waals surface area contributed by atoms with Gasteiger partial charge in [0.2, 0.25) is 0 Å². The van der Waals surface area contributed by atoms with Crippen LogP contribution in [0.5, 0.6) is 0 Å². The summed E-state index contributed by atoms with van der Waals surface area (Å²) in [5, 5.41) is 8.04. The minimum absolute atomic E-state index is 0.0786. The third-order valence-corrected chi connectivity index (χ3v) is 7.30. The van der Waals surface area contributed by atoms with Crippen molar-refractivity contribution >= 4 is 55.0 Å². The largest absolute Gasteiger partial charge is 0.282 e. The Morgan fingerprint density at radius 2 is 1.82 bits per heavy atom. The smallest absolute Gasteiger partial charge is 0.260 e. The van der Waals surface area contributed by atoms with E-state index in [1.54, 1.807) is 4.90 Å². The maximum absolute atomic E-state index is 13.8. The van der Waals surface area contributed by atoms with Gasteiger partial charge in [-0.2, -0.15) is 5.10 Å². The predicted octanol–water partition coefficient (Wildman–Crippen LogP) is 6.57. The molecule has 0 unspecified atom stereocenters. The van der Waals surface area contributed by atoms with Gasteiger partial charge in [-0.25, -0.2) is 4.98 Å². The third-order valence-electron chi connectivity index (χ3n) is 5.85. The number of carbonyl (C=O) groups is 1. The van der Waals surface area contributed by atoms with Crippen LogP contribution < -0.4 is 4.90 Å². The molecule has 1 amide bonds. The molecule has 5 nitrogen and oxygen atoms in total. The van der Waals surface area contributed by atoms with Crippen molar-refractivity contribution in [2.24, 2.45) is 0 Å². The van der Waals surface area contributed by atoms with Crippen LogP contribution in [0.4, 0.5) is 5.13 Å². The van der Waals surface area contributed by atoms with E-state index in [0.29, 0.717) is 28.8 Å². The van der Waals surface area contributed by atoms with E-state index in [4.69, 9.17) is 16.6 Å². The molecule has 0 bridgehead atoms. The lowest BCUT2D eigenvalue weighted by molar-refractivity contribution is 0.0986. The van der Waals surface area contributed by atoms with E-state index in [2.05, 4.69) is 5.10 Å². The maximum atomic E-state index is 13.8. The fourth-order valence-corrected chi connectivity index (χ4v) is 5.26. The van der Waals surface area contributed by atoms with Crippen molar-refractivity contribution in [1.82, 2.24) is 14.8 Å². The van der Waals surface area contributed by atoms with E-state index in [-0.39, 0.29) is 5.91 Å². The summed E-state index contributed by atoms with van der Waals surface area (Å²) < 4.78 is 2.94. The summed E-state index contributed by atoms with van der Waals surface area (Å²) in [4.78, 5) is 20.4. The molecule has 166 valence electrons. The molecule has 5 aromatic rings. The van der Waals surface area contributed by atoms with Gasteiger partial charge in [0.25, 0.3) is 5.91 Å². The molecule has 0 radical (unpaired) electrons. The van der Waals surface area contributed by atoms with Crippen LogP contribution in [0.25, 0.3) is 21.0 Å². The summed E-state index contributed by atoms with van der Waals surface area (Å²) >= 11 is 7.83. The van der Waals surface area contributed by atoms with Crippen molar-refractivity contribution in [3.63, 3.8) is 0 Å². The van der Waals surface area contributed by atoms with Gasteiger partial charge in [-0.15, -0.1) is 0 Å². The molecule has 0 fully saturated rings. The lowest BCUT2D eigenvalue weighted by Gasteiger charge is -2.20. The molecule has 0 aliphatic carbocycles. The number of carbonyl (C=O) groups excluding carboxylic acids is 1. The van der Waals surface area contributed by atoms with Crippen molar-refractivity contribution in [2.45, 2.75) is 27.3 Å². The van der Waals surface area contributed by atoms with Gasteiger partial charge in [-0.05, 0) is 67.4 Å². The fourth-order valence-electron chi connectivity index (χ4n) is 4.06. The fraction of sp³-hybridized carbons (Fsp3) is 0.192. The van der Waals surface area contributed by atoms with Gasteiger partial charge in [-0.3, -0.25) is 14.4 Å². The molecule has 7 heteroatoms. The molecule has 0 aliphatic rings. The SMILES string of the molecule is Cc1cc(C)n(CCN(C(=O)c2ccc3ccccc3c2)c2nc3c(C)c(Cl)ccc3s2)n1. The summed E-state index contributed by atoms with van der Waals surface area (Å²) in [6.45, 7) is 6.99. The first kappa shape index (κ1) is 21.6. The van der Waals surface area contributed by atoms with Crippen LogP contribution in [0.1, 0.15) is 27.3 Å². The monoisotopic (exact) mass is 474 g/mol. The molecule has 0 aliphatic heterocycles. The number of benzene rings is 3. The van der Waals surface area contributed by atoms with E-state index in [1.807, 2.05) is 86.1 Å². The van der Waals surface area contributed by atoms with Crippen LogP contribution >= 0.6 is 22.9 Å². The Morgan fingerprint density at radius 1 is 1.03 bits per heavy atom. The first-order valence-corrected chi connectivity index (χ1v) is 12.0. The molecule has 2 heterocycles. The van der Waals surface area contributed by atoms with Gasteiger partial charge in [0.15, 0.2) is 5.13 Å². The molecular formula is C26H23ClN4OS. The number of amides is 1.